The monoisotopic (exact) mass is 169 g/mol. The third kappa shape index (κ3) is 4.64. The molecule has 0 atom stereocenters. The summed E-state index contributed by atoms with van der Waals surface area (Å²) in [5, 5.41) is 6.45. The van der Waals surface area contributed by atoms with Gasteiger partial charge in [-0.1, -0.05) is 0 Å². The molecule has 2 nitrogen and oxygen atoms in total. The maximum absolute atomic E-state index is 11.6. The second kappa shape index (κ2) is 2.71. The minimum atomic E-state index is -4.67. The highest BCUT2D eigenvalue weighted by molar-refractivity contribution is 5.78. The van der Waals surface area contributed by atoms with Crippen molar-refractivity contribution in [3.8, 4) is 0 Å². The average molecular weight is 169 g/mol. The zero-order valence-corrected chi connectivity index (χ0v) is 6.54. The Bertz CT molecular complexity index is 156. The maximum atomic E-state index is 11.6. The average Bonchev–Trinajstić information content (AvgIpc) is 1.56. The number of ether oxygens (including phenoxy) is 1. The minimum Gasteiger partial charge on any atom is -0.469 e. The molecule has 0 heterocycles. The summed E-state index contributed by atoms with van der Waals surface area (Å²) in [5.41, 5.74) is -0.966. The van der Waals surface area contributed by atoms with Crippen LogP contribution in [0.25, 0.3) is 0 Å². The zero-order chi connectivity index (χ0) is 9.28. The Morgan fingerprint density at radius 1 is 1.18 bits per heavy atom. The van der Waals surface area contributed by atoms with E-state index in [1.165, 1.54) is 20.8 Å². The Morgan fingerprint density at radius 3 is 1.64 bits per heavy atom. The Morgan fingerprint density at radius 2 is 1.55 bits per heavy atom. The SMILES string of the molecule is CC(C)(C)OC(=N)C(F)(F)F. The third-order valence-corrected chi connectivity index (χ3v) is 0.666. The molecule has 1 N–H and O–H groups in total. The van der Waals surface area contributed by atoms with Crippen LogP contribution in [-0.2, 0) is 4.74 Å². The molecular formula is C6H10F3NO. The van der Waals surface area contributed by atoms with Gasteiger partial charge in [0.05, 0.1) is 0 Å². The summed E-state index contributed by atoms with van der Waals surface area (Å²) >= 11 is 0. The molecule has 11 heavy (non-hydrogen) atoms. The van der Waals surface area contributed by atoms with E-state index in [1.54, 1.807) is 0 Å². The van der Waals surface area contributed by atoms with Gasteiger partial charge in [-0.15, -0.1) is 0 Å². The van der Waals surface area contributed by atoms with Crippen molar-refractivity contribution in [1.29, 1.82) is 5.41 Å². The first-order valence-electron chi connectivity index (χ1n) is 2.98. The van der Waals surface area contributed by atoms with Crippen LogP contribution in [0.1, 0.15) is 20.8 Å². The van der Waals surface area contributed by atoms with Crippen molar-refractivity contribution in [2.75, 3.05) is 0 Å². The molecule has 0 aliphatic heterocycles. The molecule has 0 amide bonds. The molecule has 0 aromatic rings. The van der Waals surface area contributed by atoms with E-state index in [1.807, 2.05) is 0 Å². The van der Waals surface area contributed by atoms with Crippen molar-refractivity contribution in [3.05, 3.63) is 0 Å². The smallest absolute Gasteiger partial charge is 0.467 e. The van der Waals surface area contributed by atoms with E-state index < -0.39 is 17.7 Å². The lowest BCUT2D eigenvalue weighted by Gasteiger charge is -2.22. The molecular weight excluding hydrogens is 159 g/mol. The Kier molecular flexibility index (Phi) is 2.53. The quantitative estimate of drug-likeness (QED) is 0.438. The molecule has 0 saturated heterocycles. The molecule has 0 saturated carbocycles. The molecule has 0 aliphatic rings. The lowest BCUT2D eigenvalue weighted by atomic mass is 10.2. The summed E-state index contributed by atoms with van der Waals surface area (Å²) in [6.45, 7) is 4.36. The molecule has 0 fully saturated rings. The highest BCUT2D eigenvalue weighted by atomic mass is 19.4. The van der Waals surface area contributed by atoms with Crippen LogP contribution < -0.4 is 0 Å². The first kappa shape index (κ1) is 10.3. The lowest BCUT2D eigenvalue weighted by Crippen LogP contribution is -2.32. The fourth-order valence-electron chi connectivity index (χ4n) is 0.364. The topological polar surface area (TPSA) is 33.1 Å². The van der Waals surface area contributed by atoms with Gasteiger partial charge in [-0.05, 0) is 20.8 Å². The van der Waals surface area contributed by atoms with Gasteiger partial charge in [-0.2, -0.15) is 13.2 Å². The first-order chi connectivity index (χ1) is 4.63. The Labute approximate surface area is 62.9 Å². The van der Waals surface area contributed by atoms with Crippen molar-refractivity contribution < 1.29 is 17.9 Å². The minimum absolute atomic E-state index is 0.966. The maximum Gasteiger partial charge on any atom is 0.467 e. The Hall–Kier alpha value is -0.740. The van der Waals surface area contributed by atoms with Gasteiger partial charge in [0.15, 0.2) is 0 Å². The molecule has 5 heteroatoms. The normalized spacial score (nSPS) is 12.9. The molecule has 0 aromatic carbocycles. The summed E-state index contributed by atoms with van der Waals surface area (Å²) in [5.74, 6) is -1.65. The Balaban J connectivity index is 4.11. The summed E-state index contributed by atoms with van der Waals surface area (Å²) in [6.07, 6.45) is -4.67. The van der Waals surface area contributed by atoms with Crippen LogP contribution in [0, 0.1) is 5.41 Å². The van der Waals surface area contributed by atoms with Gasteiger partial charge in [0.2, 0.25) is 0 Å². The molecule has 66 valence electrons. The van der Waals surface area contributed by atoms with E-state index in [9.17, 15) is 13.2 Å². The highest BCUT2D eigenvalue weighted by Crippen LogP contribution is 2.20. The molecule has 0 aromatic heterocycles. The van der Waals surface area contributed by atoms with Gasteiger partial charge in [0.25, 0.3) is 5.90 Å². The van der Waals surface area contributed by atoms with E-state index in [-0.39, 0.29) is 0 Å². The summed E-state index contributed by atoms with van der Waals surface area (Å²) in [6, 6.07) is 0. The van der Waals surface area contributed by atoms with Crippen LogP contribution in [0.4, 0.5) is 13.2 Å². The molecule has 0 bridgehead atoms. The van der Waals surface area contributed by atoms with E-state index in [2.05, 4.69) is 4.74 Å². The van der Waals surface area contributed by atoms with Crippen molar-refractivity contribution in [2.45, 2.75) is 32.5 Å². The van der Waals surface area contributed by atoms with Crippen molar-refractivity contribution in [2.24, 2.45) is 0 Å². The number of hydrogen-bond acceptors (Lipinski definition) is 2. The molecule has 0 unspecified atom stereocenters. The van der Waals surface area contributed by atoms with Gasteiger partial charge >= 0.3 is 6.18 Å². The van der Waals surface area contributed by atoms with Crippen LogP contribution >= 0.6 is 0 Å². The lowest BCUT2D eigenvalue weighted by molar-refractivity contribution is -0.0909. The van der Waals surface area contributed by atoms with E-state index in [4.69, 9.17) is 5.41 Å². The number of nitrogens with one attached hydrogen (secondary N) is 1. The van der Waals surface area contributed by atoms with E-state index >= 15 is 0 Å². The van der Waals surface area contributed by atoms with Crippen LogP contribution in [0.5, 0.6) is 0 Å². The van der Waals surface area contributed by atoms with Crippen LogP contribution in [0.2, 0.25) is 0 Å². The largest absolute Gasteiger partial charge is 0.469 e. The van der Waals surface area contributed by atoms with Crippen LogP contribution in [0.3, 0.4) is 0 Å². The number of alkyl halides is 3. The molecule has 0 radical (unpaired) electrons. The van der Waals surface area contributed by atoms with Crippen molar-refractivity contribution in [3.63, 3.8) is 0 Å². The molecule has 0 spiro atoms. The second-order valence-corrected chi connectivity index (χ2v) is 3.04. The van der Waals surface area contributed by atoms with Gasteiger partial charge in [0.1, 0.15) is 5.60 Å². The molecule has 0 aliphatic carbocycles. The third-order valence-electron chi connectivity index (χ3n) is 0.666. The van der Waals surface area contributed by atoms with Crippen molar-refractivity contribution >= 4 is 5.90 Å². The number of halogens is 3. The predicted molar refractivity (Wildman–Crippen MR) is 34.6 cm³/mol. The predicted octanol–water partition coefficient (Wildman–Crippen LogP) is 2.34. The van der Waals surface area contributed by atoms with Gasteiger partial charge in [-0.3, -0.25) is 5.41 Å². The van der Waals surface area contributed by atoms with Crippen LogP contribution in [-0.4, -0.2) is 17.7 Å². The summed E-state index contributed by atoms with van der Waals surface area (Å²) in [7, 11) is 0. The fraction of sp³-hybridized carbons (Fsp3) is 0.833. The first-order valence-corrected chi connectivity index (χ1v) is 2.98. The van der Waals surface area contributed by atoms with Gasteiger partial charge in [0, 0.05) is 0 Å². The highest BCUT2D eigenvalue weighted by Gasteiger charge is 2.38. The molecule has 0 rings (SSSR count). The van der Waals surface area contributed by atoms with Gasteiger partial charge in [-0.25, -0.2) is 0 Å². The van der Waals surface area contributed by atoms with Crippen LogP contribution in [0.15, 0.2) is 0 Å². The second-order valence-electron chi connectivity index (χ2n) is 3.04. The van der Waals surface area contributed by atoms with E-state index in [0.717, 1.165) is 0 Å². The van der Waals surface area contributed by atoms with Gasteiger partial charge < -0.3 is 4.74 Å². The standard InChI is InChI=1S/C6H10F3NO/c1-5(2,3)11-4(10)6(7,8)9/h10H,1-3H3. The summed E-state index contributed by atoms with van der Waals surface area (Å²) < 4.78 is 39.2. The zero-order valence-electron chi connectivity index (χ0n) is 6.54. The number of rotatable bonds is 0. The summed E-state index contributed by atoms with van der Waals surface area (Å²) in [4.78, 5) is 0. The fourth-order valence-corrected chi connectivity index (χ4v) is 0.364. The van der Waals surface area contributed by atoms with E-state index in [0.29, 0.717) is 0 Å². The van der Waals surface area contributed by atoms with Crippen molar-refractivity contribution in [1.82, 2.24) is 0 Å². The number of hydrogen-bond donors (Lipinski definition) is 1.